The van der Waals surface area contributed by atoms with Gasteiger partial charge in [-0.3, -0.25) is 14.3 Å². The van der Waals surface area contributed by atoms with Gasteiger partial charge in [0.25, 0.3) is 5.91 Å². The third-order valence-corrected chi connectivity index (χ3v) is 2.79. The highest BCUT2D eigenvalue weighted by atomic mass is 16.4. The molecule has 0 aliphatic carbocycles. The van der Waals surface area contributed by atoms with Crippen molar-refractivity contribution in [1.29, 1.82) is 0 Å². The van der Waals surface area contributed by atoms with Crippen LogP contribution in [0.4, 0.5) is 0 Å². The lowest BCUT2D eigenvalue weighted by Crippen LogP contribution is -2.43. The Morgan fingerprint density at radius 3 is 2.58 bits per heavy atom. The lowest BCUT2D eigenvalue weighted by Gasteiger charge is -2.25. The quantitative estimate of drug-likeness (QED) is 0.823. The number of carbonyl (C=O) groups excluding carboxylic acids is 1. The monoisotopic (exact) mass is 267 g/mol. The Bertz CT molecular complexity index is 463. The van der Waals surface area contributed by atoms with E-state index in [0.717, 1.165) is 0 Å². The van der Waals surface area contributed by atoms with Crippen LogP contribution in [0.15, 0.2) is 12.3 Å². The lowest BCUT2D eigenvalue weighted by molar-refractivity contribution is -0.137. The maximum Gasteiger partial charge on any atom is 0.303 e. The van der Waals surface area contributed by atoms with Gasteiger partial charge in [0.1, 0.15) is 5.69 Å². The van der Waals surface area contributed by atoms with Gasteiger partial charge in [-0.2, -0.15) is 5.10 Å². The average molecular weight is 267 g/mol. The molecule has 1 rings (SSSR count). The third-order valence-electron chi connectivity index (χ3n) is 2.79. The van der Waals surface area contributed by atoms with E-state index >= 15 is 0 Å². The summed E-state index contributed by atoms with van der Waals surface area (Å²) in [4.78, 5) is 22.6. The number of nitrogens with one attached hydrogen (secondary N) is 1. The SMILES string of the molecule is CC(C)n1ccc(C(=O)NC(C)(C)CCC(=O)O)n1. The molecule has 1 heterocycles. The van der Waals surface area contributed by atoms with Gasteiger partial charge >= 0.3 is 5.97 Å². The van der Waals surface area contributed by atoms with Gasteiger partial charge in [-0.1, -0.05) is 0 Å². The molecule has 1 aromatic rings. The van der Waals surface area contributed by atoms with Crippen molar-refractivity contribution in [1.82, 2.24) is 15.1 Å². The van der Waals surface area contributed by atoms with Crippen LogP contribution < -0.4 is 5.32 Å². The predicted molar refractivity (Wildman–Crippen MR) is 71.0 cm³/mol. The van der Waals surface area contributed by atoms with E-state index in [-0.39, 0.29) is 18.4 Å². The Labute approximate surface area is 112 Å². The van der Waals surface area contributed by atoms with Crippen molar-refractivity contribution in [2.45, 2.75) is 52.1 Å². The van der Waals surface area contributed by atoms with Gasteiger partial charge in [0.2, 0.25) is 0 Å². The highest BCUT2D eigenvalue weighted by Crippen LogP contribution is 2.13. The van der Waals surface area contributed by atoms with Gasteiger partial charge in [-0.25, -0.2) is 0 Å². The van der Waals surface area contributed by atoms with Gasteiger partial charge in [0.15, 0.2) is 0 Å². The maximum absolute atomic E-state index is 12.0. The van der Waals surface area contributed by atoms with Crippen molar-refractivity contribution in [3.05, 3.63) is 18.0 Å². The van der Waals surface area contributed by atoms with E-state index in [0.29, 0.717) is 12.1 Å². The molecule has 0 bridgehead atoms. The molecular weight excluding hydrogens is 246 g/mol. The predicted octanol–water partition coefficient (Wildman–Crippen LogP) is 1.84. The molecule has 19 heavy (non-hydrogen) atoms. The van der Waals surface area contributed by atoms with Crippen LogP contribution in [0.2, 0.25) is 0 Å². The van der Waals surface area contributed by atoms with Gasteiger partial charge < -0.3 is 10.4 Å². The zero-order valence-corrected chi connectivity index (χ0v) is 11.8. The van der Waals surface area contributed by atoms with Crippen LogP contribution in [-0.2, 0) is 4.79 Å². The number of carboxylic acids is 1. The Hall–Kier alpha value is -1.85. The summed E-state index contributed by atoms with van der Waals surface area (Å²) in [6, 6.07) is 1.85. The van der Waals surface area contributed by atoms with Crippen molar-refractivity contribution in [2.24, 2.45) is 0 Å². The standard InChI is InChI=1S/C13H21N3O3/c1-9(2)16-8-6-10(15-16)12(19)14-13(3,4)7-5-11(17)18/h6,8-9H,5,7H2,1-4H3,(H,14,19)(H,17,18). The summed E-state index contributed by atoms with van der Waals surface area (Å²) in [6.07, 6.45) is 2.15. The topological polar surface area (TPSA) is 84.2 Å². The Morgan fingerprint density at radius 1 is 1.47 bits per heavy atom. The minimum atomic E-state index is -0.869. The van der Waals surface area contributed by atoms with Crippen LogP contribution in [-0.4, -0.2) is 32.3 Å². The van der Waals surface area contributed by atoms with E-state index in [1.165, 1.54) is 0 Å². The van der Waals surface area contributed by atoms with Crippen LogP contribution in [0.5, 0.6) is 0 Å². The molecule has 0 aliphatic heterocycles. The fraction of sp³-hybridized carbons (Fsp3) is 0.615. The van der Waals surface area contributed by atoms with Gasteiger partial charge in [-0.15, -0.1) is 0 Å². The van der Waals surface area contributed by atoms with Crippen LogP contribution in [0.1, 0.15) is 57.1 Å². The number of nitrogens with zero attached hydrogens (tertiary/aromatic N) is 2. The summed E-state index contributed by atoms with van der Waals surface area (Å²) in [5.74, 6) is -1.15. The number of amides is 1. The number of hydrogen-bond acceptors (Lipinski definition) is 3. The second kappa shape index (κ2) is 5.86. The van der Waals surface area contributed by atoms with Gasteiger partial charge in [0, 0.05) is 24.2 Å². The van der Waals surface area contributed by atoms with Gasteiger partial charge in [-0.05, 0) is 40.2 Å². The van der Waals surface area contributed by atoms with Crippen molar-refractivity contribution in [3.8, 4) is 0 Å². The first-order chi connectivity index (χ1) is 8.71. The molecule has 1 aromatic heterocycles. The van der Waals surface area contributed by atoms with Crippen molar-refractivity contribution < 1.29 is 14.7 Å². The summed E-state index contributed by atoms with van der Waals surface area (Å²) in [6.45, 7) is 7.55. The van der Waals surface area contributed by atoms with E-state index in [1.807, 2.05) is 13.8 Å². The van der Waals surface area contributed by atoms with E-state index < -0.39 is 11.5 Å². The molecule has 0 aliphatic rings. The first-order valence-electron chi connectivity index (χ1n) is 6.31. The zero-order chi connectivity index (χ0) is 14.6. The molecule has 0 aromatic carbocycles. The summed E-state index contributed by atoms with van der Waals surface area (Å²) in [5, 5.41) is 15.6. The fourth-order valence-electron chi connectivity index (χ4n) is 1.60. The number of hydrogen-bond donors (Lipinski definition) is 2. The first kappa shape index (κ1) is 15.2. The molecule has 0 saturated heterocycles. The average Bonchev–Trinajstić information content (AvgIpc) is 2.75. The highest BCUT2D eigenvalue weighted by Gasteiger charge is 2.23. The van der Waals surface area contributed by atoms with Crippen LogP contribution in [0.25, 0.3) is 0 Å². The number of carbonyl (C=O) groups is 2. The molecule has 6 heteroatoms. The summed E-state index contributed by atoms with van der Waals surface area (Å²) in [7, 11) is 0. The molecule has 0 atom stereocenters. The Kier molecular flexibility index (Phi) is 4.69. The summed E-state index contributed by atoms with van der Waals surface area (Å²) < 4.78 is 1.71. The second-order valence-corrected chi connectivity index (χ2v) is 5.51. The molecule has 2 N–H and O–H groups in total. The molecular formula is C13H21N3O3. The molecule has 6 nitrogen and oxygen atoms in total. The number of rotatable bonds is 6. The fourth-order valence-corrected chi connectivity index (χ4v) is 1.60. The first-order valence-corrected chi connectivity index (χ1v) is 6.31. The molecule has 0 fully saturated rings. The van der Waals surface area contributed by atoms with E-state index in [4.69, 9.17) is 5.11 Å². The maximum atomic E-state index is 12.0. The van der Waals surface area contributed by atoms with Crippen LogP contribution in [0, 0.1) is 0 Å². The van der Waals surface area contributed by atoms with Gasteiger partial charge in [0.05, 0.1) is 0 Å². The molecule has 106 valence electrons. The molecule has 0 saturated carbocycles. The minimum Gasteiger partial charge on any atom is -0.481 e. The molecule has 0 spiro atoms. The molecule has 1 amide bonds. The minimum absolute atomic E-state index is 0.0215. The number of aromatic nitrogens is 2. The number of carboxylic acid groups (broad SMARTS) is 1. The summed E-state index contributed by atoms with van der Waals surface area (Å²) in [5.41, 5.74) is -0.228. The smallest absolute Gasteiger partial charge is 0.303 e. The highest BCUT2D eigenvalue weighted by molar-refractivity contribution is 5.92. The normalized spacial score (nSPS) is 11.6. The van der Waals surface area contributed by atoms with Crippen LogP contribution in [0.3, 0.4) is 0 Å². The van der Waals surface area contributed by atoms with Crippen molar-refractivity contribution in [3.63, 3.8) is 0 Å². The largest absolute Gasteiger partial charge is 0.481 e. The third kappa shape index (κ3) is 4.73. The van der Waals surface area contributed by atoms with Crippen molar-refractivity contribution >= 4 is 11.9 Å². The van der Waals surface area contributed by atoms with Crippen LogP contribution >= 0.6 is 0 Å². The lowest BCUT2D eigenvalue weighted by atomic mass is 9.98. The molecule has 0 unspecified atom stereocenters. The summed E-state index contributed by atoms with van der Waals surface area (Å²) >= 11 is 0. The zero-order valence-electron chi connectivity index (χ0n) is 11.8. The Morgan fingerprint density at radius 2 is 2.11 bits per heavy atom. The van der Waals surface area contributed by atoms with E-state index in [9.17, 15) is 9.59 Å². The number of aliphatic carboxylic acids is 1. The van der Waals surface area contributed by atoms with E-state index in [2.05, 4.69) is 10.4 Å². The van der Waals surface area contributed by atoms with Crippen molar-refractivity contribution in [2.75, 3.05) is 0 Å². The molecule has 0 radical (unpaired) electrons. The second-order valence-electron chi connectivity index (χ2n) is 5.51. The van der Waals surface area contributed by atoms with E-state index in [1.54, 1.807) is 30.8 Å². The Balaban J connectivity index is 2.64.